The summed E-state index contributed by atoms with van der Waals surface area (Å²) in [5.74, 6) is 1.70. The van der Waals surface area contributed by atoms with Crippen LogP contribution < -0.4 is 0 Å². The van der Waals surface area contributed by atoms with Gasteiger partial charge in [0.05, 0.1) is 5.56 Å². The lowest BCUT2D eigenvalue weighted by Gasteiger charge is -2.28. The van der Waals surface area contributed by atoms with E-state index in [4.69, 9.17) is 4.98 Å². The molecule has 0 aliphatic heterocycles. The van der Waals surface area contributed by atoms with Crippen molar-refractivity contribution in [2.24, 2.45) is 5.92 Å². The van der Waals surface area contributed by atoms with Gasteiger partial charge in [-0.15, -0.1) is 22.0 Å². The summed E-state index contributed by atoms with van der Waals surface area (Å²) in [6.07, 6.45) is -2.65. The van der Waals surface area contributed by atoms with E-state index >= 15 is 0 Å². The largest absolute Gasteiger partial charge is 0.416 e. The molecular formula is C25H30F3N5S. The lowest BCUT2D eigenvalue weighted by molar-refractivity contribution is -0.137. The van der Waals surface area contributed by atoms with Crippen molar-refractivity contribution < 1.29 is 13.2 Å². The Bertz CT molecular complexity index is 1070. The molecule has 0 radical (unpaired) electrons. The molecule has 0 aliphatic rings. The quantitative estimate of drug-likeness (QED) is 0.325. The zero-order valence-corrected chi connectivity index (χ0v) is 20.9. The van der Waals surface area contributed by atoms with E-state index in [0.29, 0.717) is 39.8 Å². The second kappa shape index (κ2) is 11.3. The zero-order valence-electron chi connectivity index (χ0n) is 20.1. The molecule has 0 unspecified atom stereocenters. The van der Waals surface area contributed by atoms with Gasteiger partial charge in [0.25, 0.3) is 0 Å². The van der Waals surface area contributed by atoms with Gasteiger partial charge in [-0.1, -0.05) is 32.0 Å². The minimum Gasteiger partial charge on any atom is -0.300 e. The zero-order chi connectivity index (χ0) is 24.9. The van der Waals surface area contributed by atoms with Gasteiger partial charge in [0.2, 0.25) is 5.82 Å². The fraction of sp³-hybridized carbons (Fsp3) is 0.440. The molecule has 2 heterocycles. The van der Waals surface area contributed by atoms with Gasteiger partial charge in [0.15, 0.2) is 0 Å². The monoisotopic (exact) mass is 489 g/mol. The highest BCUT2D eigenvalue weighted by Crippen LogP contribution is 2.33. The average molecular weight is 490 g/mol. The van der Waals surface area contributed by atoms with Crippen molar-refractivity contribution in [3.8, 4) is 22.8 Å². The van der Waals surface area contributed by atoms with Crippen molar-refractivity contribution in [3.05, 3.63) is 53.7 Å². The van der Waals surface area contributed by atoms with Gasteiger partial charge < -0.3 is 0 Å². The molecule has 2 aromatic heterocycles. The first-order valence-corrected chi connectivity index (χ1v) is 12.3. The summed E-state index contributed by atoms with van der Waals surface area (Å²) in [5, 5.41) is 9.21. The second-order valence-electron chi connectivity index (χ2n) is 8.92. The third kappa shape index (κ3) is 6.99. The van der Waals surface area contributed by atoms with Crippen LogP contribution in [0, 0.1) is 12.8 Å². The molecule has 0 fully saturated rings. The van der Waals surface area contributed by atoms with Crippen LogP contribution in [0.1, 0.15) is 38.8 Å². The van der Waals surface area contributed by atoms with Crippen molar-refractivity contribution in [2.75, 3.05) is 18.8 Å². The average Bonchev–Trinajstić information content (AvgIpc) is 2.78. The predicted octanol–water partition coefficient (Wildman–Crippen LogP) is 6.39. The lowest BCUT2D eigenvalue weighted by atomic mass is 10.1. The van der Waals surface area contributed by atoms with Gasteiger partial charge in [-0.3, -0.25) is 9.88 Å². The Hall–Kier alpha value is -2.52. The summed E-state index contributed by atoms with van der Waals surface area (Å²) in [6.45, 7) is 12.5. The summed E-state index contributed by atoms with van der Waals surface area (Å²) < 4.78 is 39.0. The first-order valence-electron chi connectivity index (χ1n) is 11.3. The highest BCUT2D eigenvalue weighted by atomic mass is 32.2. The fourth-order valence-electron chi connectivity index (χ4n) is 3.41. The Morgan fingerprint density at radius 3 is 2.24 bits per heavy atom. The minimum absolute atomic E-state index is 0.390. The van der Waals surface area contributed by atoms with Gasteiger partial charge in [0, 0.05) is 36.6 Å². The van der Waals surface area contributed by atoms with Crippen molar-refractivity contribution in [1.82, 2.24) is 25.1 Å². The second-order valence-corrected chi connectivity index (χ2v) is 10.00. The van der Waals surface area contributed by atoms with Crippen LogP contribution in [0.3, 0.4) is 0 Å². The Kier molecular flexibility index (Phi) is 8.65. The van der Waals surface area contributed by atoms with Gasteiger partial charge in [0.1, 0.15) is 16.4 Å². The summed E-state index contributed by atoms with van der Waals surface area (Å²) in [7, 11) is 0. The SMILES string of the molecule is Cc1ccc(-c2nnc(-c3ccc(C(F)(F)F)cc3)c(SCCN(CC(C)C)C(C)C)n2)nc1. The van der Waals surface area contributed by atoms with E-state index in [1.165, 1.54) is 23.9 Å². The number of halogens is 3. The van der Waals surface area contributed by atoms with Crippen LogP contribution >= 0.6 is 11.8 Å². The molecule has 0 spiro atoms. The number of thioether (sulfide) groups is 1. The van der Waals surface area contributed by atoms with E-state index in [0.717, 1.165) is 36.5 Å². The fourth-order valence-corrected chi connectivity index (χ4v) is 4.37. The van der Waals surface area contributed by atoms with Crippen LogP contribution in [0.2, 0.25) is 0 Å². The van der Waals surface area contributed by atoms with Crippen LogP contribution in [-0.4, -0.2) is 49.9 Å². The van der Waals surface area contributed by atoms with Crippen molar-refractivity contribution in [2.45, 2.75) is 51.9 Å². The maximum absolute atomic E-state index is 13.0. The molecule has 0 aliphatic carbocycles. The van der Waals surface area contributed by atoms with Crippen molar-refractivity contribution in [1.29, 1.82) is 0 Å². The first-order chi connectivity index (χ1) is 16.0. The molecule has 3 aromatic rings. The molecule has 182 valence electrons. The van der Waals surface area contributed by atoms with E-state index in [9.17, 15) is 13.2 Å². The van der Waals surface area contributed by atoms with Gasteiger partial charge >= 0.3 is 6.18 Å². The number of benzene rings is 1. The Labute approximate surface area is 203 Å². The third-order valence-corrected chi connectivity index (χ3v) is 6.17. The molecule has 1 aromatic carbocycles. The Morgan fingerprint density at radius 2 is 1.68 bits per heavy atom. The number of nitrogens with zero attached hydrogens (tertiary/aromatic N) is 5. The first kappa shape index (κ1) is 26.1. The molecule has 0 amide bonds. The minimum atomic E-state index is -4.39. The molecule has 0 bridgehead atoms. The molecule has 34 heavy (non-hydrogen) atoms. The van der Waals surface area contributed by atoms with Crippen LogP contribution in [-0.2, 0) is 6.18 Å². The van der Waals surface area contributed by atoms with E-state index in [1.807, 2.05) is 19.1 Å². The van der Waals surface area contributed by atoms with Crippen molar-refractivity contribution >= 4 is 11.8 Å². The van der Waals surface area contributed by atoms with E-state index < -0.39 is 11.7 Å². The molecule has 3 rings (SSSR count). The molecule has 0 saturated heterocycles. The van der Waals surface area contributed by atoms with Crippen LogP contribution in [0.25, 0.3) is 22.8 Å². The number of alkyl halides is 3. The number of rotatable bonds is 9. The van der Waals surface area contributed by atoms with Gasteiger partial charge in [-0.25, -0.2) is 4.98 Å². The van der Waals surface area contributed by atoms with Crippen LogP contribution in [0.15, 0.2) is 47.6 Å². The van der Waals surface area contributed by atoms with E-state index in [2.05, 4.69) is 47.8 Å². The molecular weight excluding hydrogens is 459 g/mol. The maximum Gasteiger partial charge on any atom is 0.416 e. The third-order valence-electron chi connectivity index (χ3n) is 5.23. The number of hydrogen-bond acceptors (Lipinski definition) is 6. The summed E-state index contributed by atoms with van der Waals surface area (Å²) in [5.41, 5.74) is 1.93. The van der Waals surface area contributed by atoms with Crippen LogP contribution in [0.4, 0.5) is 13.2 Å². The smallest absolute Gasteiger partial charge is 0.300 e. The Morgan fingerprint density at radius 1 is 0.971 bits per heavy atom. The normalized spacial score (nSPS) is 12.2. The Balaban J connectivity index is 1.91. The molecule has 5 nitrogen and oxygen atoms in total. The maximum atomic E-state index is 13.0. The lowest BCUT2D eigenvalue weighted by Crippen LogP contribution is -2.35. The standard InChI is InChI=1S/C25H30F3N5S/c1-16(2)15-33(17(3)4)12-13-34-24-22(19-7-9-20(10-8-19)25(26,27)28)31-32-23(30-24)21-11-6-18(5)14-29-21/h6-11,14,16-17H,12-13,15H2,1-5H3. The predicted molar refractivity (Wildman–Crippen MR) is 131 cm³/mol. The molecule has 0 saturated carbocycles. The number of aromatic nitrogens is 4. The van der Waals surface area contributed by atoms with Crippen molar-refractivity contribution in [3.63, 3.8) is 0 Å². The highest BCUT2D eigenvalue weighted by Gasteiger charge is 2.30. The van der Waals surface area contributed by atoms with Gasteiger partial charge in [-0.2, -0.15) is 13.2 Å². The molecule has 0 atom stereocenters. The summed E-state index contributed by atoms with van der Waals surface area (Å²) in [4.78, 5) is 11.5. The number of aryl methyl sites for hydroxylation is 1. The van der Waals surface area contributed by atoms with Gasteiger partial charge in [-0.05, 0) is 50.5 Å². The number of hydrogen-bond donors (Lipinski definition) is 0. The molecule has 0 N–H and O–H groups in total. The topological polar surface area (TPSA) is 54.8 Å². The summed E-state index contributed by atoms with van der Waals surface area (Å²) in [6, 6.07) is 9.13. The summed E-state index contributed by atoms with van der Waals surface area (Å²) >= 11 is 1.53. The van der Waals surface area contributed by atoms with Crippen LogP contribution in [0.5, 0.6) is 0 Å². The molecule has 9 heteroatoms. The highest BCUT2D eigenvalue weighted by molar-refractivity contribution is 7.99. The van der Waals surface area contributed by atoms with E-state index in [-0.39, 0.29) is 0 Å². The van der Waals surface area contributed by atoms with E-state index in [1.54, 1.807) is 6.20 Å². The number of pyridine rings is 1.